The average Bonchev–Trinajstić information content (AvgIpc) is 3.23. The van der Waals surface area contributed by atoms with Crippen LogP contribution in [0.5, 0.6) is 0 Å². The fourth-order valence-corrected chi connectivity index (χ4v) is 3.19. The molecule has 0 aliphatic heterocycles. The van der Waals surface area contributed by atoms with Gasteiger partial charge < -0.3 is 15.1 Å². The summed E-state index contributed by atoms with van der Waals surface area (Å²) < 4.78 is 5.46. The summed E-state index contributed by atoms with van der Waals surface area (Å²) in [5, 5.41) is 6.81. The molecule has 0 saturated heterocycles. The number of hydrogen-bond donors (Lipinski definition) is 2. The van der Waals surface area contributed by atoms with Crippen LogP contribution in [-0.4, -0.2) is 25.0 Å². The molecule has 5 heteroatoms. The highest BCUT2D eigenvalue weighted by Crippen LogP contribution is 2.13. The first-order chi connectivity index (χ1) is 14.1. The summed E-state index contributed by atoms with van der Waals surface area (Å²) in [7, 11) is 3.91. The third-order valence-corrected chi connectivity index (χ3v) is 4.81. The molecule has 29 heavy (non-hydrogen) atoms. The summed E-state index contributed by atoms with van der Waals surface area (Å²) in [4.78, 5) is 6.60. The molecule has 3 aromatic rings. The Morgan fingerprint density at radius 2 is 1.62 bits per heavy atom. The van der Waals surface area contributed by atoms with Gasteiger partial charge in [0.25, 0.3) is 0 Å². The molecule has 0 saturated carbocycles. The third-order valence-electron chi connectivity index (χ3n) is 4.81. The first-order valence-corrected chi connectivity index (χ1v) is 9.92. The average molecular weight is 391 g/mol. The minimum atomic E-state index is 0.721. The van der Waals surface area contributed by atoms with Crippen molar-refractivity contribution < 1.29 is 4.42 Å². The van der Waals surface area contributed by atoms with Crippen LogP contribution >= 0.6 is 0 Å². The zero-order chi connectivity index (χ0) is 20.5. The lowest BCUT2D eigenvalue weighted by Gasteiger charge is -2.19. The molecule has 2 aromatic carbocycles. The molecule has 1 aromatic heterocycles. The molecule has 0 fully saturated rings. The van der Waals surface area contributed by atoms with Gasteiger partial charge in [-0.2, -0.15) is 0 Å². The Bertz CT molecular complexity index is 901. The van der Waals surface area contributed by atoms with Gasteiger partial charge in [-0.15, -0.1) is 0 Å². The van der Waals surface area contributed by atoms with E-state index in [1.165, 1.54) is 22.3 Å². The first kappa shape index (κ1) is 20.7. The molecule has 0 amide bonds. The summed E-state index contributed by atoms with van der Waals surface area (Å²) in [6.45, 7) is 5.20. The summed E-state index contributed by atoms with van der Waals surface area (Å²) in [6.07, 6.45) is 1.72. The maximum Gasteiger partial charge on any atom is 0.191 e. The molecule has 0 aliphatic carbocycles. The maximum atomic E-state index is 5.46. The standard InChI is InChI=1S/C24H30N4O/c1-19-10-12-20(13-11-19)15-26-24(25-2)27-16-21-7-4-5-8-22(21)17-28(3)18-23-9-6-14-29-23/h4-14H,15-18H2,1-3H3,(H2,25,26,27). The number of aryl methyl sites for hydroxylation is 1. The van der Waals surface area contributed by atoms with Crippen LogP contribution in [0.25, 0.3) is 0 Å². The number of guanidine groups is 1. The monoisotopic (exact) mass is 390 g/mol. The SMILES string of the molecule is CN=C(NCc1ccc(C)cc1)NCc1ccccc1CN(C)Cc1ccco1. The lowest BCUT2D eigenvalue weighted by Crippen LogP contribution is -2.36. The van der Waals surface area contributed by atoms with Crippen molar-refractivity contribution in [1.29, 1.82) is 0 Å². The van der Waals surface area contributed by atoms with Crippen molar-refractivity contribution in [3.8, 4) is 0 Å². The van der Waals surface area contributed by atoms with Gasteiger partial charge in [-0.05, 0) is 42.8 Å². The van der Waals surface area contributed by atoms with Gasteiger partial charge in [-0.25, -0.2) is 0 Å². The molecule has 0 spiro atoms. The van der Waals surface area contributed by atoms with E-state index in [1.807, 2.05) is 12.1 Å². The Morgan fingerprint density at radius 3 is 2.31 bits per heavy atom. The zero-order valence-corrected chi connectivity index (χ0v) is 17.5. The van der Waals surface area contributed by atoms with Gasteiger partial charge in [0.15, 0.2) is 5.96 Å². The molecular formula is C24H30N4O. The molecule has 1 heterocycles. The van der Waals surface area contributed by atoms with E-state index < -0.39 is 0 Å². The van der Waals surface area contributed by atoms with Crippen LogP contribution in [0.4, 0.5) is 0 Å². The molecule has 0 unspecified atom stereocenters. The highest BCUT2D eigenvalue weighted by Gasteiger charge is 2.08. The Kier molecular flexibility index (Phi) is 7.47. The van der Waals surface area contributed by atoms with Gasteiger partial charge >= 0.3 is 0 Å². The Hall–Kier alpha value is -3.05. The number of rotatable bonds is 8. The number of aliphatic imine (C=N–C) groups is 1. The molecular weight excluding hydrogens is 360 g/mol. The summed E-state index contributed by atoms with van der Waals surface area (Å²) in [6, 6.07) is 21.0. The van der Waals surface area contributed by atoms with Crippen molar-refractivity contribution in [3.05, 3.63) is 94.9 Å². The highest BCUT2D eigenvalue weighted by molar-refractivity contribution is 5.79. The fourth-order valence-electron chi connectivity index (χ4n) is 3.19. The molecule has 2 N–H and O–H groups in total. The second-order valence-electron chi connectivity index (χ2n) is 7.29. The van der Waals surface area contributed by atoms with Gasteiger partial charge in [0.2, 0.25) is 0 Å². The van der Waals surface area contributed by atoms with Crippen LogP contribution in [0.1, 0.15) is 28.0 Å². The minimum Gasteiger partial charge on any atom is -0.468 e. The van der Waals surface area contributed by atoms with Crippen LogP contribution in [0, 0.1) is 6.92 Å². The molecule has 0 radical (unpaired) electrons. The predicted molar refractivity (Wildman–Crippen MR) is 119 cm³/mol. The second-order valence-corrected chi connectivity index (χ2v) is 7.29. The normalized spacial score (nSPS) is 11.7. The van der Waals surface area contributed by atoms with E-state index in [-0.39, 0.29) is 0 Å². The number of nitrogens with zero attached hydrogens (tertiary/aromatic N) is 2. The second kappa shape index (κ2) is 10.5. The molecule has 5 nitrogen and oxygen atoms in total. The quantitative estimate of drug-likeness (QED) is 0.449. The van der Waals surface area contributed by atoms with E-state index in [0.29, 0.717) is 0 Å². The van der Waals surface area contributed by atoms with Gasteiger partial charge in [-0.3, -0.25) is 9.89 Å². The Morgan fingerprint density at radius 1 is 0.897 bits per heavy atom. The fraction of sp³-hybridized carbons (Fsp3) is 0.292. The Balaban J connectivity index is 1.54. The summed E-state index contributed by atoms with van der Waals surface area (Å²) in [5.41, 5.74) is 5.06. The van der Waals surface area contributed by atoms with Crippen molar-refractivity contribution >= 4 is 5.96 Å². The van der Waals surface area contributed by atoms with Crippen molar-refractivity contribution in [2.75, 3.05) is 14.1 Å². The van der Waals surface area contributed by atoms with Crippen molar-refractivity contribution in [2.45, 2.75) is 33.1 Å². The predicted octanol–water partition coefficient (Wildman–Crippen LogP) is 4.09. The number of nitrogens with one attached hydrogen (secondary N) is 2. The van der Waals surface area contributed by atoms with Crippen molar-refractivity contribution in [1.82, 2.24) is 15.5 Å². The number of furan rings is 1. The van der Waals surface area contributed by atoms with E-state index in [2.05, 4.69) is 83.0 Å². The van der Waals surface area contributed by atoms with Gasteiger partial charge in [0.1, 0.15) is 5.76 Å². The smallest absolute Gasteiger partial charge is 0.191 e. The minimum absolute atomic E-state index is 0.721. The van der Waals surface area contributed by atoms with Crippen LogP contribution < -0.4 is 10.6 Å². The molecule has 152 valence electrons. The van der Waals surface area contributed by atoms with Gasteiger partial charge in [-0.1, -0.05) is 54.1 Å². The number of benzene rings is 2. The van der Waals surface area contributed by atoms with Crippen LogP contribution in [-0.2, 0) is 26.2 Å². The first-order valence-electron chi connectivity index (χ1n) is 9.92. The van der Waals surface area contributed by atoms with Crippen molar-refractivity contribution in [2.24, 2.45) is 4.99 Å². The van der Waals surface area contributed by atoms with Gasteiger partial charge in [0, 0.05) is 26.7 Å². The maximum absolute atomic E-state index is 5.46. The highest BCUT2D eigenvalue weighted by atomic mass is 16.3. The Labute approximate surface area is 173 Å². The lowest BCUT2D eigenvalue weighted by molar-refractivity contribution is 0.287. The van der Waals surface area contributed by atoms with E-state index in [9.17, 15) is 0 Å². The van der Waals surface area contributed by atoms with Crippen LogP contribution in [0.15, 0.2) is 76.3 Å². The van der Waals surface area contributed by atoms with E-state index in [0.717, 1.165) is 37.9 Å². The van der Waals surface area contributed by atoms with E-state index >= 15 is 0 Å². The third kappa shape index (κ3) is 6.50. The molecule has 3 rings (SSSR count). The number of hydrogen-bond acceptors (Lipinski definition) is 3. The largest absolute Gasteiger partial charge is 0.468 e. The topological polar surface area (TPSA) is 52.8 Å². The van der Waals surface area contributed by atoms with Crippen LogP contribution in [0.2, 0.25) is 0 Å². The van der Waals surface area contributed by atoms with Gasteiger partial charge in [0.05, 0.1) is 12.8 Å². The van der Waals surface area contributed by atoms with Crippen LogP contribution in [0.3, 0.4) is 0 Å². The summed E-state index contributed by atoms with van der Waals surface area (Å²) in [5.74, 6) is 1.77. The molecule has 0 aliphatic rings. The van der Waals surface area contributed by atoms with E-state index in [4.69, 9.17) is 4.42 Å². The molecule has 0 atom stereocenters. The van der Waals surface area contributed by atoms with E-state index in [1.54, 1.807) is 13.3 Å². The van der Waals surface area contributed by atoms with Crippen molar-refractivity contribution in [3.63, 3.8) is 0 Å². The lowest BCUT2D eigenvalue weighted by atomic mass is 10.1. The molecule has 0 bridgehead atoms. The zero-order valence-electron chi connectivity index (χ0n) is 17.5. The summed E-state index contributed by atoms with van der Waals surface area (Å²) >= 11 is 0.